The van der Waals surface area contributed by atoms with Crippen molar-refractivity contribution in [3.63, 3.8) is 0 Å². The molecule has 25 heavy (non-hydrogen) atoms. The van der Waals surface area contributed by atoms with Crippen molar-refractivity contribution in [3.8, 4) is 5.75 Å². The van der Waals surface area contributed by atoms with E-state index < -0.39 is 0 Å². The third-order valence-electron chi connectivity index (χ3n) is 4.93. The van der Waals surface area contributed by atoms with E-state index >= 15 is 0 Å². The van der Waals surface area contributed by atoms with Gasteiger partial charge in [-0.2, -0.15) is 0 Å². The van der Waals surface area contributed by atoms with Crippen LogP contribution < -0.4 is 15.4 Å². The fourth-order valence-corrected chi connectivity index (χ4v) is 4.67. The van der Waals surface area contributed by atoms with Crippen LogP contribution in [0.25, 0.3) is 10.2 Å². The SMILES string of the molecule is COc1ccc([C@@H]2NC(=O)c3sc4nc5c(cc4c3N2)CCC5)cc1. The number of thiophene rings is 1. The molecule has 5 rings (SSSR count). The largest absolute Gasteiger partial charge is 0.497 e. The summed E-state index contributed by atoms with van der Waals surface area (Å²) in [6.45, 7) is 0. The molecule has 0 bridgehead atoms. The van der Waals surface area contributed by atoms with E-state index in [9.17, 15) is 4.79 Å². The number of carbonyl (C=O) groups excluding carboxylic acids is 1. The summed E-state index contributed by atoms with van der Waals surface area (Å²) in [6, 6.07) is 9.95. The van der Waals surface area contributed by atoms with Gasteiger partial charge in [0.2, 0.25) is 0 Å². The van der Waals surface area contributed by atoms with Gasteiger partial charge >= 0.3 is 0 Å². The highest BCUT2D eigenvalue weighted by Crippen LogP contribution is 2.41. The fourth-order valence-electron chi connectivity index (χ4n) is 3.62. The lowest BCUT2D eigenvalue weighted by molar-refractivity contribution is 0.0940. The summed E-state index contributed by atoms with van der Waals surface area (Å²) in [5.74, 6) is 0.755. The first-order valence-corrected chi connectivity index (χ1v) is 9.21. The smallest absolute Gasteiger partial charge is 0.265 e. The molecule has 5 nitrogen and oxygen atoms in total. The van der Waals surface area contributed by atoms with Crippen molar-refractivity contribution < 1.29 is 9.53 Å². The normalized spacial score (nSPS) is 18.4. The molecule has 0 saturated heterocycles. The monoisotopic (exact) mass is 351 g/mol. The Bertz CT molecular complexity index is 994. The number of carbonyl (C=O) groups is 1. The van der Waals surface area contributed by atoms with Crippen LogP contribution in [0.2, 0.25) is 0 Å². The maximum absolute atomic E-state index is 12.6. The van der Waals surface area contributed by atoms with Gasteiger partial charge < -0.3 is 15.4 Å². The first-order chi connectivity index (χ1) is 12.2. The van der Waals surface area contributed by atoms with Crippen LogP contribution in [0.5, 0.6) is 5.75 Å². The van der Waals surface area contributed by atoms with E-state index in [0.29, 0.717) is 0 Å². The second-order valence-electron chi connectivity index (χ2n) is 6.43. The zero-order valence-corrected chi connectivity index (χ0v) is 14.6. The predicted molar refractivity (Wildman–Crippen MR) is 98.5 cm³/mol. The topological polar surface area (TPSA) is 63.2 Å². The highest BCUT2D eigenvalue weighted by molar-refractivity contribution is 7.21. The summed E-state index contributed by atoms with van der Waals surface area (Å²) in [5.41, 5.74) is 4.42. The molecule has 1 aliphatic carbocycles. The molecule has 6 heteroatoms. The highest BCUT2D eigenvalue weighted by atomic mass is 32.1. The standard InChI is InChI=1S/C19H17N3O2S/c1-24-12-7-5-10(6-8-12)17-21-15-13-9-11-3-2-4-14(11)20-19(13)25-16(15)18(23)22-17/h5-9,17,21H,2-4H2,1H3,(H,22,23)/t17-/m0/s1. The van der Waals surface area contributed by atoms with Crippen molar-refractivity contribution in [3.05, 3.63) is 52.0 Å². The van der Waals surface area contributed by atoms with Crippen LogP contribution >= 0.6 is 11.3 Å². The number of aryl methyl sites for hydroxylation is 2. The molecule has 0 fully saturated rings. The van der Waals surface area contributed by atoms with Crippen molar-refractivity contribution in [2.45, 2.75) is 25.4 Å². The number of anilines is 1. The van der Waals surface area contributed by atoms with Crippen molar-refractivity contribution in [2.75, 3.05) is 12.4 Å². The van der Waals surface area contributed by atoms with Crippen molar-refractivity contribution in [2.24, 2.45) is 0 Å². The Morgan fingerprint density at radius 3 is 2.84 bits per heavy atom. The van der Waals surface area contributed by atoms with E-state index in [0.717, 1.165) is 44.9 Å². The lowest BCUT2D eigenvalue weighted by Crippen LogP contribution is -2.37. The number of benzene rings is 1. The van der Waals surface area contributed by atoms with E-state index in [1.807, 2.05) is 24.3 Å². The van der Waals surface area contributed by atoms with Gasteiger partial charge in [-0.1, -0.05) is 12.1 Å². The van der Waals surface area contributed by atoms with E-state index in [-0.39, 0.29) is 12.1 Å². The minimum atomic E-state index is -0.253. The molecule has 0 spiro atoms. The molecule has 0 saturated carbocycles. The van der Waals surface area contributed by atoms with Crippen LogP contribution in [0.3, 0.4) is 0 Å². The Balaban J connectivity index is 1.57. The molecular formula is C19H17N3O2S. The Hall–Kier alpha value is -2.60. The number of pyridine rings is 1. The Morgan fingerprint density at radius 2 is 2.04 bits per heavy atom. The third kappa shape index (κ3) is 2.28. The zero-order chi connectivity index (χ0) is 17.0. The van der Waals surface area contributed by atoms with Gasteiger partial charge in [-0.25, -0.2) is 4.98 Å². The van der Waals surface area contributed by atoms with Gasteiger partial charge in [-0.15, -0.1) is 11.3 Å². The first-order valence-electron chi connectivity index (χ1n) is 8.39. The summed E-state index contributed by atoms with van der Waals surface area (Å²) >= 11 is 1.47. The third-order valence-corrected chi connectivity index (χ3v) is 6.03. The minimum absolute atomic E-state index is 0.0438. The van der Waals surface area contributed by atoms with Gasteiger partial charge in [0.05, 0.1) is 12.8 Å². The van der Waals surface area contributed by atoms with E-state index in [1.165, 1.54) is 29.0 Å². The second-order valence-corrected chi connectivity index (χ2v) is 7.43. The molecule has 1 atom stereocenters. The number of hydrogen-bond donors (Lipinski definition) is 2. The van der Waals surface area contributed by atoms with Gasteiger partial charge in [0, 0.05) is 11.1 Å². The molecular weight excluding hydrogens is 334 g/mol. The zero-order valence-electron chi connectivity index (χ0n) is 13.8. The second kappa shape index (κ2) is 5.46. The molecule has 126 valence electrons. The maximum Gasteiger partial charge on any atom is 0.265 e. The number of rotatable bonds is 2. The number of fused-ring (bicyclic) bond motifs is 4. The summed E-state index contributed by atoms with van der Waals surface area (Å²) in [5, 5.41) is 7.59. The van der Waals surface area contributed by atoms with Gasteiger partial charge in [0.15, 0.2) is 0 Å². The minimum Gasteiger partial charge on any atom is -0.497 e. The lowest BCUT2D eigenvalue weighted by atomic mass is 10.1. The van der Waals surface area contributed by atoms with Gasteiger partial charge in [-0.05, 0) is 48.6 Å². The van der Waals surface area contributed by atoms with Crippen molar-refractivity contribution in [1.82, 2.24) is 10.3 Å². The van der Waals surface area contributed by atoms with Crippen LogP contribution in [-0.4, -0.2) is 18.0 Å². The average molecular weight is 351 g/mol. The number of hydrogen-bond acceptors (Lipinski definition) is 5. The number of aromatic nitrogens is 1. The average Bonchev–Trinajstić information content (AvgIpc) is 3.24. The van der Waals surface area contributed by atoms with Gasteiger partial charge in [0.1, 0.15) is 21.6 Å². The van der Waals surface area contributed by atoms with Crippen LogP contribution in [0, 0.1) is 0 Å². The Kier molecular flexibility index (Phi) is 3.21. The highest BCUT2D eigenvalue weighted by Gasteiger charge is 2.30. The Morgan fingerprint density at radius 1 is 1.20 bits per heavy atom. The molecule has 0 radical (unpaired) electrons. The van der Waals surface area contributed by atoms with Crippen LogP contribution in [0.15, 0.2) is 30.3 Å². The van der Waals surface area contributed by atoms with E-state index in [2.05, 4.69) is 16.7 Å². The first kappa shape index (κ1) is 14.7. The molecule has 3 aromatic rings. The Labute approximate surface area is 149 Å². The number of nitrogens with one attached hydrogen (secondary N) is 2. The molecule has 2 N–H and O–H groups in total. The van der Waals surface area contributed by atoms with Crippen LogP contribution in [-0.2, 0) is 12.8 Å². The summed E-state index contributed by atoms with van der Waals surface area (Å²) < 4.78 is 5.21. The quantitative estimate of drug-likeness (QED) is 0.740. The van der Waals surface area contributed by atoms with Crippen molar-refractivity contribution >= 4 is 33.1 Å². The molecule has 1 aromatic carbocycles. The van der Waals surface area contributed by atoms with Crippen LogP contribution in [0.4, 0.5) is 5.69 Å². The summed E-state index contributed by atoms with van der Waals surface area (Å²) in [7, 11) is 1.64. The molecule has 0 unspecified atom stereocenters. The number of methoxy groups -OCH3 is 1. The number of amides is 1. The summed E-state index contributed by atoms with van der Waals surface area (Å²) in [4.78, 5) is 19.1. The molecule has 2 aromatic heterocycles. The van der Waals surface area contributed by atoms with E-state index in [1.54, 1.807) is 7.11 Å². The molecule has 3 heterocycles. The molecule has 2 aliphatic rings. The fraction of sp³-hybridized carbons (Fsp3) is 0.263. The van der Waals surface area contributed by atoms with Crippen LogP contribution in [0.1, 0.15) is 39.1 Å². The maximum atomic E-state index is 12.6. The predicted octanol–water partition coefficient (Wildman–Crippen LogP) is 3.65. The lowest BCUT2D eigenvalue weighted by Gasteiger charge is -2.26. The number of nitrogens with zero attached hydrogens (tertiary/aromatic N) is 1. The van der Waals surface area contributed by atoms with E-state index in [4.69, 9.17) is 9.72 Å². The molecule has 1 aliphatic heterocycles. The number of ether oxygens (including phenoxy) is 1. The van der Waals surface area contributed by atoms with Gasteiger partial charge in [-0.3, -0.25) is 4.79 Å². The summed E-state index contributed by atoms with van der Waals surface area (Å²) in [6.07, 6.45) is 3.04. The van der Waals surface area contributed by atoms with Crippen molar-refractivity contribution in [1.29, 1.82) is 0 Å². The van der Waals surface area contributed by atoms with Gasteiger partial charge in [0.25, 0.3) is 5.91 Å². The molecule has 1 amide bonds.